The zero-order valence-electron chi connectivity index (χ0n) is 36.9. The first-order valence-corrected chi connectivity index (χ1v) is 22.8. The Labute approximate surface area is 371 Å². The van der Waals surface area contributed by atoms with Crippen molar-refractivity contribution in [3.63, 3.8) is 0 Å². The van der Waals surface area contributed by atoms with E-state index in [4.69, 9.17) is 24.2 Å². The largest absolute Gasteiger partial charge is 0.459 e. The number of oxime groups is 1. The van der Waals surface area contributed by atoms with Crippen molar-refractivity contribution in [1.82, 2.24) is 4.90 Å². The fraction of sp³-hybridized carbons (Fsp3) is 0.453. The predicted octanol–water partition coefficient (Wildman–Crippen LogP) is 10.3. The van der Waals surface area contributed by atoms with Gasteiger partial charge >= 0.3 is 0 Å². The molecule has 4 aliphatic rings. The van der Waals surface area contributed by atoms with E-state index in [0.717, 1.165) is 78.0 Å². The van der Waals surface area contributed by atoms with Gasteiger partial charge in [0.2, 0.25) is 11.7 Å². The first kappa shape index (κ1) is 44.3. The molecule has 4 aromatic carbocycles. The Hall–Kier alpha value is -5.29. The van der Waals surface area contributed by atoms with Crippen molar-refractivity contribution < 1.29 is 38.9 Å². The van der Waals surface area contributed by atoms with Crippen LogP contribution in [0.2, 0.25) is 0 Å². The number of allylic oxidation sites excluding steroid dienone is 1. The number of hydrogen-bond donors (Lipinski definition) is 2. The summed E-state index contributed by atoms with van der Waals surface area (Å²) in [4.78, 5) is 35.1. The van der Waals surface area contributed by atoms with Crippen LogP contribution in [0.25, 0.3) is 10.8 Å². The molecule has 3 aliphatic carbocycles. The van der Waals surface area contributed by atoms with E-state index < -0.39 is 23.3 Å². The molecule has 10 heteroatoms. The highest BCUT2D eigenvalue weighted by Crippen LogP contribution is 2.62. The molecule has 2 fully saturated rings. The van der Waals surface area contributed by atoms with Gasteiger partial charge in [-0.25, -0.2) is 0 Å². The van der Waals surface area contributed by atoms with Crippen LogP contribution < -0.4 is 9.47 Å². The predicted molar refractivity (Wildman–Crippen MR) is 245 cm³/mol. The van der Waals surface area contributed by atoms with E-state index in [1.54, 1.807) is 24.3 Å². The lowest BCUT2D eigenvalue weighted by molar-refractivity contribution is -0.258. The van der Waals surface area contributed by atoms with Crippen LogP contribution in [0.3, 0.4) is 0 Å². The van der Waals surface area contributed by atoms with Crippen LogP contribution in [0.1, 0.15) is 106 Å². The van der Waals surface area contributed by atoms with Crippen molar-refractivity contribution in [2.75, 3.05) is 19.8 Å². The van der Waals surface area contributed by atoms with Crippen molar-refractivity contribution in [1.29, 1.82) is 0 Å². The minimum Gasteiger partial charge on any atom is -0.459 e. The number of hydrogen-bond acceptors (Lipinski definition) is 9. The molecular weight excluding hydrogens is 793 g/mol. The van der Waals surface area contributed by atoms with Gasteiger partial charge in [-0.3, -0.25) is 9.59 Å². The first-order valence-electron chi connectivity index (χ1n) is 22.8. The normalized spacial score (nSPS) is 24.4. The lowest BCUT2D eigenvalue weighted by atomic mass is 9.55. The molecule has 2 saturated carbocycles. The number of carbonyl (C=O) groups excluding carboxylic acids is 2. The molecule has 0 saturated heterocycles. The summed E-state index contributed by atoms with van der Waals surface area (Å²) in [6.07, 6.45) is 11.5. The van der Waals surface area contributed by atoms with Crippen LogP contribution in [0.5, 0.6) is 17.2 Å². The molecule has 0 bridgehead atoms. The van der Waals surface area contributed by atoms with Crippen LogP contribution >= 0.6 is 0 Å². The average molecular weight is 855 g/mol. The highest BCUT2D eigenvalue weighted by molar-refractivity contribution is 6.03. The van der Waals surface area contributed by atoms with Crippen LogP contribution in [0, 0.1) is 23.7 Å². The van der Waals surface area contributed by atoms with Gasteiger partial charge in [-0.2, -0.15) is 0 Å². The molecule has 10 nitrogen and oxygen atoms in total. The van der Waals surface area contributed by atoms with Crippen LogP contribution in [-0.2, 0) is 20.9 Å². The molecule has 1 aliphatic heterocycles. The molecule has 332 valence electrons. The SMILES string of the molecule is C=CCO[C@@]12Oc3ccc(Oc4cccc(C=O)c4)cc3[C@H]3[C@H](CCCCO)[C@@H](CCCCO)C=C(C(=NOC(C)(C)C)C[C@@H]1N(Cc1cccc4ccccc14)C(=O)C1CC1)[C@H]32. The summed E-state index contributed by atoms with van der Waals surface area (Å²) in [5, 5.41) is 27.2. The summed E-state index contributed by atoms with van der Waals surface area (Å²) in [5.74, 6) is -0.133. The van der Waals surface area contributed by atoms with Gasteiger partial charge < -0.3 is 34.2 Å². The van der Waals surface area contributed by atoms with Crippen LogP contribution in [-0.4, -0.2) is 70.3 Å². The van der Waals surface area contributed by atoms with Gasteiger partial charge in [0.15, 0.2) is 0 Å². The monoisotopic (exact) mass is 854 g/mol. The van der Waals surface area contributed by atoms with Crippen molar-refractivity contribution in [2.24, 2.45) is 28.8 Å². The molecule has 2 N–H and O–H groups in total. The third-order valence-corrected chi connectivity index (χ3v) is 13.1. The number of aldehydes is 1. The maximum Gasteiger partial charge on any atom is 0.239 e. The molecule has 1 heterocycles. The van der Waals surface area contributed by atoms with Gasteiger partial charge in [0.25, 0.3) is 0 Å². The zero-order chi connectivity index (χ0) is 44.1. The second kappa shape index (κ2) is 19.2. The lowest BCUT2D eigenvalue weighted by Crippen LogP contribution is -2.70. The Morgan fingerprint density at radius 1 is 0.937 bits per heavy atom. The Bertz CT molecular complexity index is 2340. The van der Waals surface area contributed by atoms with Gasteiger partial charge in [0, 0.05) is 49.1 Å². The standard InChI is InChI=1S/C53H62N2O8/c1-5-28-60-53-48(55(51(59)37-22-23-37)33-39-18-13-17-36-15-6-7-20-42(36)39)32-46(54-63-52(2,3)4)44-30-38(16-8-10-26-56)43(21-9-11-27-57)49(50(44)53)45-31-41(24-25-47(45)62-53)61-40-19-12-14-35(29-40)34-58/h5-7,12-15,17-20,24-25,29-31,34,37-38,43,48-50,56-57H,1,8-11,16,21-23,26-28,32-33H2,2-4H3/t38-,43+,48-,49+,50+,53+/m0/s1. The van der Waals surface area contributed by atoms with E-state index in [9.17, 15) is 15.0 Å². The lowest BCUT2D eigenvalue weighted by Gasteiger charge is -2.60. The molecule has 0 radical (unpaired) electrons. The Morgan fingerprint density at radius 2 is 1.68 bits per heavy atom. The Morgan fingerprint density at radius 3 is 2.43 bits per heavy atom. The summed E-state index contributed by atoms with van der Waals surface area (Å²) < 4.78 is 21.2. The summed E-state index contributed by atoms with van der Waals surface area (Å²) in [7, 11) is 0. The van der Waals surface area contributed by atoms with E-state index in [0.29, 0.717) is 48.6 Å². The third-order valence-electron chi connectivity index (χ3n) is 13.1. The van der Waals surface area contributed by atoms with Crippen LogP contribution in [0.15, 0.2) is 114 Å². The summed E-state index contributed by atoms with van der Waals surface area (Å²) in [6.45, 7) is 10.8. The molecule has 1 amide bonds. The van der Waals surface area contributed by atoms with Crippen molar-refractivity contribution >= 4 is 28.7 Å². The number of aliphatic hydroxyl groups is 2. The molecule has 63 heavy (non-hydrogen) atoms. The van der Waals surface area contributed by atoms with E-state index in [-0.39, 0.29) is 49.4 Å². The number of amides is 1. The number of fused-ring (bicyclic) bond motifs is 3. The minimum absolute atomic E-state index is 0.0566. The molecule has 4 aromatic rings. The Balaban J connectivity index is 1.36. The number of ether oxygens (including phenoxy) is 3. The molecule has 0 aromatic heterocycles. The topological polar surface area (TPSA) is 127 Å². The van der Waals surface area contributed by atoms with Gasteiger partial charge in [-0.15, -0.1) is 6.58 Å². The summed E-state index contributed by atoms with van der Waals surface area (Å²) in [6, 6.07) is 26.9. The second-order valence-electron chi connectivity index (χ2n) is 18.6. The van der Waals surface area contributed by atoms with Gasteiger partial charge in [-0.05, 0) is 123 Å². The Kier molecular flexibility index (Phi) is 13.5. The van der Waals surface area contributed by atoms with Crippen molar-refractivity contribution in [3.05, 3.63) is 126 Å². The van der Waals surface area contributed by atoms with E-state index in [1.807, 2.05) is 56.0 Å². The number of unbranched alkanes of at least 4 members (excludes halogenated alkanes) is 2. The molecule has 6 atom stereocenters. The van der Waals surface area contributed by atoms with Gasteiger partial charge in [0.1, 0.15) is 35.2 Å². The number of rotatable bonds is 19. The minimum atomic E-state index is -1.38. The quantitative estimate of drug-likeness (QED) is 0.0413. The first-order chi connectivity index (χ1) is 30.6. The van der Waals surface area contributed by atoms with Gasteiger partial charge in [-0.1, -0.05) is 84.7 Å². The van der Waals surface area contributed by atoms with E-state index in [1.165, 1.54) is 0 Å². The fourth-order valence-corrected chi connectivity index (χ4v) is 10.2. The fourth-order valence-electron chi connectivity index (χ4n) is 10.2. The van der Waals surface area contributed by atoms with E-state index in [2.05, 4.69) is 49.1 Å². The van der Waals surface area contributed by atoms with Gasteiger partial charge in [0.05, 0.1) is 18.2 Å². The number of carbonyl (C=O) groups is 2. The smallest absolute Gasteiger partial charge is 0.239 e. The highest BCUT2D eigenvalue weighted by Gasteiger charge is 2.66. The number of nitrogens with zero attached hydrogens (tertiary/aromatic N) is 2. The molecule has 8 rings (SSSR count). The summed E-state index contributed by atoms with van der Waals surface area (Å²) >= 11 is 0. The molecule has 0 unspecified atom stereocenters. The maximum absolute atomic E-state index is 15.1. The second-order valence-corrected chi connectivity index (χ2v) is 18.6. The van der Waals surface area contributed by atoms with E-state index >= 15 is 4.79 Å². The number of benzene rings is 4. The molecular formula is C53H62N2O8. The zero-order valence-corrected chi connectivity index (χ0v) is 36.9. The third kappa shape index (κ3) is 9.49. The summed E-state index contributed by atoms with van der Waals surface area (Å²) in [5.41, 5.74) is 3.67. The van der Waals surface area contributed by atoms with Crippen molar-refractivity contribution in [2.45, 2.75) is 108 Å². The molecule has 0 spiro atoms. The van der Waals surface area contributed by atoms with Crippen LogP contribution in [0.4, 0.5) is 0 Å². The highest BCUT2D eigenvalue weighted by atomic mass is 16.7. The van der Waals surface area contributed by atoms with Crippen molar-refractivity contribution in [3.8, 4) is 17.2 Å². The average Bonchev–Trinajstić information content (AvgIpc) is 4.14. The number of aliphatic hydroxyl groups excluding tert-OH is 2. The maximum atomic E-state index is 15.1.